The Hall–Kier alpha value is -1.45. The summed E-state index contributed by atoms with van der Waals surface area (Å²) in [6.45, 7) is 0. The third-order valence-corrected chi connectivity index (χ3v) is 2.48. The van der Waals surface area contributed by atoms with Gasteiger partial charge in [-0.2, -0.15) is 0 Å². The molecule has 1 rings (SSSR count). The van der Waals surface area contributed by atoms with E-state index in [2.05, 4.69) is 25.7 Å². The molecule has 0 radical (unpaired) electrons. The Kier molecular flexibility index (Phi) is 4.66. The molecule has 1 N–H and O–H groups in total. The normalized spacial score (nSPS) is 11.7. The van der Waals surface area contributed by atoms with E-state index in [0.717, 1.165) is 0 Å². The van der Waals surface area contributed by atoms with Crippen molar-refractivity contribution in [2.45, 2.75) is 18.1 Å². The van der Waals surface area contributed by atoms with Gasteiger partial charge in [-0.05, 0) is 11.6 Å². The first-order chi connectivity index (χ1) is 8.65. The van der Waals surface area contributed by atoms with E-state index in [4.69, 9.17) is 5.11 Å². The smallest absolute Gasteiger partial charge is 0.476 e. The Morgan fingerprint density at radius 3 is 2.42 bits per heavy atom. The highest BCUT2D eigenvalue weighted by atomic mass is 79.9. The lowest BCUT2D eigenvalue weighted by molar-refractivity contribution is -0.274. The molecule has 0 unspecified atom stereocenters. The van der Waals surface area contributed by atoms with Gasteiger partial charge in [-0.15, -0.1) is 13.2 Å². The third kappa shape index (κ3) is 4.01. The fraction of sp³-hybridized carbons (Fsp3) is 0.333. The SMILES string of the molecule is O=C(O)c1nc(C(F)F)c(CBr)cc1OC(F)(F)F. The minimum atomic E-state index is -5.15. The van der Waals surface area contributed by atoms with Gasteiger partial charge in [-0.1, -0.05) is 15.9 Å². The van der Waals surface area contributed by atoms with Crippen LogP contribution in [0.5, 0.6) is 5.75 Å². The van der Waals surface area contributed by atoms with E-state index in [1.54, 1.807) is 0 Å². The lowest BCUT2D eigenvalue weighted by atomic mass is 10.2. The molecule has 19 heavy (non-hydrogen) atoms. The Morgan fingerprint density at radius 1 is 1.47 bits per heavy atom. The van der Waals surface area contributed by atoms with Crippen LogP contribution in [0.3, 0.4) is 0 Å². The van der Waals surface area contributed by atoms with Crippen LogP contribution in [-0.4, -0.2) is 22.4 Å². The molecule has 0 fully saturated rings. The van der Waals surface area contributed by atoms with Crippen molar-refractivity contribution in [3.05, 3.63) is 23.0 Å². The summed E-state index contributed by atoms with van der Waals surface area (Å²) in [6, 6.07) is 0.570. The van der Waals surface area contributed by atoms with Crippen molar-refractivity contribution in [2.75, 3.05) is 0 Å². The van der Waals surface area contributed by atoms with Crippen LogP contribution in [0.4, 0.5) is 22.0 Å². The van der Waals surface area contributed by atoms with Crippen molar-refractivity contribution in [1.82, 2.24) is 4.98 Å². The first-order valence-electron chi connectivity index (χ1n) is 4.52. The zero-order valence-corrected chi connectivity index (χ0v) is 10.4. The molecule has 10 heteroatoms. The van der Waals surface area contributed by atoms with E-state index >= 15 is 0 Å². The highest BCUT2D eigenvalue weighted by Gasteiger charge is 2.34. The second kappa shape index (κ2) is 5.68. The Balaban J connectivity index is 3.40. The fourth-order valence-electron chi connectivity index (χ4n) is 1.20. The maximum atomic E-state index is 12.6. The Labute approximate surface area is 111 Å². The molecule has 0 saturated heterocycles. The van der Waals surface area contributed by atoms with E-state index in [9.17, 15) is 26.7 Å². The predicted octanol–water partition coefficient (Wildman–Crippen LogP) is 3.51. The van der Waals surface area contributed by atoms with Gasteiger partial charge >= 0.3 is 12.3 Å². The van der Waals surface area contributed by atoms with Crippen molar-refractivity contribution < 1.29 is 36.6 Å². The zero-order valence-electron chi connectivity index (χ0n) is 8.84. The van der Waals surface area contributed by atoms with E-state index in [-0.39, 0.29) is 10.9 Å². The average molecular weight is 350 g/mol. The largest absolute Gasteiger partial charge is 0.573 e. The Bertz CT molecular complexity index is 491. The lowest BCUT2D eigenvalue weighted by Crippen LogP contribution is -2.20. The summed E-state index contributed by atoms with van der Waals surface area (Å²) in [5.74, 6) is -3.04. The number of hydrogen-bond donors (Lipinski definition) is 1. The topological polar surface area (TPSA) is 59.4 Å². The van der Waals surface area contributed by atoms with Crippen molar-refractivity contribution in [3.63, 3.8) is 0 Å². The second-order valence-electron chi connectivity index (χ2n) is 3.17. The average Bonchev–Trinajstić information content (AvgIpc) is 2.25. The summed E-state index contributed by atoms with van der Waals surface area (Å²) in [7, 11) is 0. The van der Waals surface area contributed by atoms with Crippen LogP contribution in [0, 0.1) is 0 Å². The van der Waals surface area contributed by atoms with Gasteiger partial charge in [0.1, 0.15) is 5.69 Å². The molecule has 0 amide bonds. The van der Waals surface area contributed by atoms with Gasteiger partial charge in [0.15, 0.2) is 11.4 Å². The van der Waals surface area contributed by atoms with Crippen LogP contribution < -0.4 is 4.74 Å². The summed E-state index contributed by atoms with van der Waals surface area (Å²) < 4.78 is 64.9. The molecule has 0 spiro atoms. The first-order valence-corrected chi connectivity index (χ1v) is 5.64. The van der Waals surface area contributed by atoms with Crippen LogP contribution in [0.1, 0.15) is 28.2 Å². The highest BCUT2D eigenvalue weighted by molar-refractivity contribution is 9.08. The highest BCUT2D eigenvalue weighted by Crippen LogP contribution is 2.31. The molecular formula is C9H5BrF5NO3. The van der Waals surface area contributed by atoms with Crippen molar-refractivity contribution in [3.8, 4) is 5.75 Å². The van der Waals surface area contributed by atoms with Crippen LogP contribution >= 0.6 is 15.9 Å². The monoisotopic (exact) mass is 349 g/mol. The summed E-state index contributed by atoms with van der Waals surface area (Å²) in [4.78, 5) is 13.7. The number of alkyl halides is 6. The summed E-state index contributed by atoms with van der Waals surface area (Å²) in [6.07, 6.45) is -8.27. The molecule has 0 aromatic carbocycles. The number of carboxylic acid groups (broad SMARTS) is 1. The molecule has 106 valence electrons. The van der Waals surface area contributed by atoms with Gasteiger partial charge in [-0.3, -0.25) is 0 Å². The number of nitrogens with zero attached hydrogens (tertiary/aromatic N) is 1. The standard InChI is InChI=1S/C9H5BrF5NO3/c10-2-3-1-4(19-9(13,14)15)6(8(17)18)16-5(3)7(11)12/h1,7H,2H2,(H,17,18). The minimum Gasteiger partial charge on any atom is -0.476 e. The third-order valence-electron chi connectivity index (χ3n) is 1.88. The van der Waals surface area contributed by atoms with Crippen LogP contribution in [0.25, 0.3) is 0 Å². The molecule has 0 bridgehead atoms. The van der Waals surface area contributed by atoms with Gasteiger partial charge < -0.3 is 9.84 Å². The summed E-state index contributed by atoms with van der Waals surface area (Å²) in [5, 5.41) is 8.44. The second-order valence-corrected chi connectivity index (χ2v) is 3.73. The van der Waals surface area contributed by atoms with E-state index < -0.39 is 35.9 Å². The molecule has 0 atom stereocenters. The number of carbonyl (C=O) groups is 1. The van der Waals surface area contributed by atoms with E-state index in [0.29, 0.717) is 6.07 Å². The van der Waals surface area contributed by atoms with Crippen LogP contribution in [0.15, 0.2) is 6.07 Å². The number of pyridine rings is 1. The molecule has 4 nitrogen and oxygen atoms in total. The number of aromatic nitrogens is 1. The van der Waals surface area contributed by atoms with Crippen LogP contribution in [0.2, 0.25) is 0 Å². The van der Waals surface area contributed by atoms with Gasteiger partial charge in [0, 0.05) is 5.33 Å². The molecule has 1 heterocycles. The fourth-order valence-corrected chi connectivity index (χ4v) is 1.65. The number of halogens is 6. The number of aromatic carboxylic acids is 1. The van der Waals surface area contributed by atoms with Crippen molar-refractivity contribution in [1.29, 1.82) is 0 Å². The van der Waals surface area contributed by atoms with E-state index in [1.165, 1.54) is 0 Å². The number of ether oxygens (including phenoxy) is 1. The Morgan fingerprint density at radius 2 is 2.05 bits per heavy atom. The maximum absolute atomic E-state index is 12.6. The first kappa shape index (κ1) is 15.6. The number of carboxylic acids is 1. The summed E-state index contributed by atoms with van der Waals surface area (Å²) in [5.41, 5.74) is -2.43. The molecular weight excluding hydrogens is 345 g/mol. The van der Waals surface area contributed by atoms with E-state index in [1.807, 2.05) is 0 Å². The lowest BCUT2D eigenvalue weighted by Gasteiger charge is -2.14. The maximum Gasteiger partial charge on any atom is 0.573 e. The molecule has 0 saturated carbocycles. The van der Waals surface area contributed by atoms with Gasteiger partial charge in [0.05, 0.1) is 0 Å². The molecule has 0 aliphatic heterocycles. The van der Waals surface area contributed by atoms with Gasteiger partial charge in [0.25, 0.3) is 6.43 Å². The van der Waals surface area contributed by atoms with Crippen LogP contribution in [-0.2, 0) is 5.33 Å². The number of rotatable bonds is 4. The molecule has 0 aliphatic carbocycles. The minimum absolute atomic E-state index is 0.228. The molecule has 0 aliphatic rings. The molecule has 1 aromatic heterocycles. The quantitative estimate of drug-likeness (QED) is 0.667. The van der Waals surface area contributed by atoms with Gasteiger partial charge in [0.2, 0.25) is 0 Å². The molecule has 1 aromatic rings. The number of hydrogen-bond acceptors (Lipinski definition) is 3. The van der Waals surface area contributed by atoms with Gasteiger partial charge in [-0.25, -0.2) is 18.6 Å². The van der Waals surface area contributed by atoms with Crippen molar-refractivity contribution >= 4 is 21.9 Å². The van der Waals surface area contributed by atoms with Crippen molar-refractivity contribution in [2.24, 2.45) is 0 Å². The summed E-state index contributed by atoms with van der Waals surface area (Å²) >= 11 is 2.79. The zero-order chi connectivity index (χ0) is 14.8. The predicted molar refractivity (Wildman–Crippen MR) is 55.5 cm³/mol.